The lowest BCUT2D eigenvalue weighted by Crippen LogP contribution is -2.56. The van der Waals surface area contributed by atoms with Crippen LogP contribution in [0.3, 0.4) is 0 Å². The highest BCUT2D eigenvalue weighted by atomic mass is 16.7. The zero-order chi connectivity index (χ0) is 30.7. The van der Waals surface area contributed by atoms with Crippen LogP contribution in [-0.4, -0.2) is 23.5 Å². The van der Waals surface area contributed by atoms with Gasteiger partial charge in [-0.25, -0.2) is 0 Å². The first-order valence-electron chi connectivity index (χ1n) is 18.5. The highest BCUT2D eigenvalue weighted by molar-refractivity contribution is 5.91. The van der Waals surface area contributed by atoms with Crippen molar-refractivity contribution < 1.29 is 23.9 Å². The van der Waals surface area contributed by atoms with E-state index in [0.29, 0.717) is 55.1 Å². The van der Waals surface area contributed by atoms with Gasteiger partial charge in [-0.2, -0.15) is 0 Å². The third kappa shape index (κ3) is 8.54. The van der Waals surface area contributed by atoms with E-state index in [1.54, 1.807) is 0 Å². The maximum atomic E-state index is 13.4. The molecule has 4 aliphatic carbocycles. The fourth-order valence-electron chi connectivity index (χ4n) is 9.42. The molecule has 3 saturated carbocycles. The molecule has 0 radical (unpaired) electrons. The van der Waals surface area contributed by atoms with E-state index < -0.39 is 5.79 Å². The molecule has 0 bridgehead atoms. The lowest BCUT2D eigenvalue weighted by atomic mass is 9.51. The Morgan fingerprint density at radius 2 is 1.26 bits per heavy atom. The maximum Gasteiger partial charge on any atom is 0.309 e. The monoisotopic (exact) mass is 598 g/mol. The third-order valence-corrected chi connectivity index (χ3v) is 11.9. The Morgan fingerprint density at radius 1 is 0.698 bits per heavy atom. The topological polar surface area (TPSA) is 69.7 Å². The molecule has 0 spiro atoms. The van der Waals surface area contributed by atoms with Gasteiger partial charge in [0.15, 0.2) is 5.78 Å². The van der Waals surface area contributed by atoms with Crippen molar-refractivity contribution in [2.45, 2.75) is 181 Å². The molecule has 3 fully saturated rings. The van der Waals surface area contributed by atoms with Gasteiger partial charge >= 0.3 is 11.9 Å². The number of ketones is 1. The molecule has 0 amide bonds. The summed E-state index contributed by atoms with van der Waals surface area (Å²) < 4.78 is 12.8. The summed E-state index contributed by atoms with van der Waals surface area (Å²) in [7, 11) is 0. The van der Waals surface area contributed by atoms with Gasteiger partial charge in [0.25, 0.3) is 5.79 Å². The van der Waals surface area contributed by atoms with Crippen LogP contribution < -0.4 is 0 Å². The van der Waals surface area contributed by atoms with E-state index in [9.17, 15) is 14.4 Å². The summed E-state index contributed by atoms with van der Waals surface area (Å²) in [6, 6.07) is 0. The lowest BCUT2D eigenvalue weighted by Gasteiger charge is -2.55. The van der Waals surface area contributed by atoms with E-state index in [-0.39, 0.29) is 17.4 Å². The van der Waals surface area contributed by atoms with Gasteiger partial charge < -0.3 is 9.47 Å². The van der Waals surface area contributed by atoms with Gasteiger partial charge in [0.1, 0.15) is 0 Å². The van der Waals surface area contributed by atoms with Gasteiger partial charge in [-0.05, 0) is 81.1 Å². The Bertz CT molecular complexity index is 920. The van der Waals surface area contributed by atoms with Crippen LogP contribution in [-0.2, 0) is 23.9 Å². The second-order valence-corrected chi connectivity index (χ2v) is 14.7. The quantitative estimate of drug-likeness (QED) is 0.0892. The summed E-state index contributed by atoms with van der Waals surface area (Å²) in [5.41, 5.74) is 1.03. The minimum atomic E-state index is -1.14. The molecule has 244 valence electrons. The zero-order valence-corrected chi connectivity index (χ0v) is 27.9. The Hall–Kier alpha value is -1.65. The second-order valence-electron chi connectivity index (χ2n) is 14.7. The highest BCUT2D eigenvalue weighted by Gasteiger charge is 2.67. The molecule has 5 atom stereocenters. The summed E-state index contributed by atoms with van der Waals surface area (Å²) in [4.78, 5) is 38.9. The van der Waals surface area contributed by atoms with Gasteiger partial charge in [-0.1, -0.05) is 103 Å². The number of esters is 2. The van der Waals surface area contributed by atoms with Crippen LogP contribution in [0.5, 0.6) is 0 Å². The first-order valence-corrected chi connectivity index (χ1v) is 18.5. The Morgan fingerprint density at radius 3 is 1.84 bits per heavy atom. The molecule has 4 aliphatic rings. The first-order chi connectivity index (χ1) is 20.8. The molecule has 0 heterocycles. The number of carbonyl (C=O) groups excluding carboxylic acids is 3. The number of carbonyl (C=O) groups is 3. The van der Waals surface area contributed by atoms with E-state index in [0.717, 1.165) is 77.0 Å². The molecule has 4 rings (SSSR count). The molecule has 0 aromatic heterocycles. The summed E-state index contributed by atoms with van der Waals surface area (Å²) in [6.07, 6.45) is 26.2. The van der Waals surface area contributed by atoms with Gasteiger partial charge in [0.05, 0.1) is 0 Å². The SMILES string of the molecule is CCCCCCCCCC(=O)OC1(OC(=O)CCCCCCCCC)CC[C@H]2[C@@H]3CCC4=CC(=O)CC[C@@H]4[C@H]3CC[C@@]21C. The van der Waals surface area contributed by atoms with Crippen molar-refractivity contribution in [1.29, 1.82) is 0 Å². The lowest BCUT2D eigenvalue weighted by molar-refractivity contribution is -0.275. The minimum Gasteiger partial charge on any atom is -0.422 e. The summed E-state index contributed by atoms with van der Waals surface area (Å²) in [5, 5.41) is 0. The number of fused-ring (bicyclic) bond motifs is 5. The molecule has 0 aromatic rings. The molecule has 5 heteroatoms. The highest BCUT2D eigenvalue weighted by Crippen LogP contribution is 2.66. The fraction of sp³-hybridized carbons (Fsp3) is 0.868. The summed E-state index contributed by atoms with van der Waals surface area (Å²) in [6.45, 7) is 6.72. The molecule has 0 unspecified atom stereocenters. The van der Waals surface area contributed by atoms with Crippen LogP contribution in [0.2, 0.25) is 0 Å². The van der Waals surface area contributed by atoms with Crippen LogP contribution in [0.25, 0.3) is 0 Å². The third-order valence-electron chi connectivity index (χ3n) is 11.9. The first kappa shape index (κ1) is 34.2. The van der Waals surface area contributed by atoms with Crippen LogP contribution in [0.15, 0.2) is 11.6 Å². The van der Waals surface area contributed by atoms with Crippen molar-refractivity contribution in [3.8, 4) is 0 Å². The van der Waals surface area contributed by atoms with Gasteiger partial charge in [0, 0.05) is 31.1 Å². The average Bonchev–Trinajstić information content (AvgIpc) is 3.27. The number of hydrogen-bond acceptors (Lipinski definition) is 5. The van der Waals surface area contributed by atoms with E-state index >= 15 is 0 Å². The predicted octanol–water partition coefficient (Wildman–Crippen LogP) is 10.2. The zero-order valence-electron chi connectivity index (χ0n) is 27.9. The average molecular weight is 599 g/mol. The largest absolute Gasteiger partial charge is 0.422 e. The minimum absolute atomic E-state index is 0.194. The fourth-order valence-corrected chi connectivity index (χ4v) is 9.42. The Kier molecular flexibility index (Phi) is 13.2. The van der Waals surface area contributed by atoms with E-state index in [1.807, 2.05) is 6.08 Å². The van der Waals surface area contributed by atoms with E-state index in [4.69, 9.17) is 9.47 Å². The van der Waals surface area contributed by atoms with Crippen molar-refractivity contribution in [1.82, 2.24) is 0 Å². The van der Waals surface area contributed by atoms with Crippen LogP contribution in [0.1, 0.15) is 175 Å². The Labute approximate surface area is 262 Å². The van der Waals surface area contributed by atoms with Gasteiger partial charge in [-0.3, -0.25) is 14.4 Å². The Balaban J connectivity index is 1.40. The normalized spacial score (nSPS) is 29.3. The number of unbranched alkanes of at least 4 members (excludes halogenated alkanes) is 12. The van der Waals surface area contributed by atoms with E-state index in [1.165, 1.54) is 56.9 Å². The molecule has 0 N–H and O–H groups in total. The van der Waals surface area contributed by atoms with Crippen molar-refractivity contribution in [2.24, 2.45) is 29.1 Å². The molecule has 43 heavy (non-hydrogen) atoms. The molecule has 5 nitrogen and oxygen atoms in total. The number of rotatable bonds is 18. The standard InChI is InChI=1S/C38H62O5/c1-4-6-8-10-12-14-16-18-35(40)42-38(43-36(41)19-17-15-13-11-9-7-5-2)27-25-34-33-22-20-29-28-30(39)21-23-31(29)32(33)24-26-37(34,38)3/h28,31-34H,4-27H2,1-3H3/t31-,32+,33+,34-,37-/m0/s1. The molecular formula is C38H62O5. The van der Waals surface area contributed by atoms with Crippen molar-refractivity contribution in [3.05, 3.63) is 11.6 Å². The number of allylic oxidation sites excluding steroid dienone is 1. The van der Waals surface area contributed by atoms with Crippen molar-refractivity contribution in [3.63, 3.8) is 0 Å². The molecule has 0 aliphatic heterocycles. The predicted molar refractivity (Wildman–Crippen MR) is 172 cm³/mol. The van der Waals surface area contributed by atoms with Gasteiger partial charge in [-0.15, -0.1) is 0 Å². The maximum absolute atomic E-state index is 13.4. The second kappa shape index (κ2) is 16.6. The van der Waals surface area contributed by atoms with E-state index in [2.05, 4.69) is 20.8 Å². The van der Waals surface area contributed by atoms with Crippen molar-refractivity contribution >= 4 is 17.7 Å². The molecule has 0 aromatic carbocycles. The van der Waals surface area contributed by atoms with Gasteiger partial charge in [0.2, 0.25) is 0 Å². The summed E-state index contributed by atoms with van der Waals surface area (Å²) >= 11 is 0. The van der Waals surface area contributed by atoms with Crippen LogP contribution in [0.4, 0.5) is 0 Å². The smallest absolute Gasteiger partial charge is 0.309 e. The van der Waals surface area contributed by atoms with Crippen LogP contribution >= 0.6 is 0 Å². The number of ether oxygens (including phenoxy) is 2. The van der Waals surface area contributed by atoms with Crippen LogP contribution in [0, 0.1) is 29.1 Å². The molecular weight excluding hydrogens is 536 g/mol. The molecule has 0 saturated heterocycles. The number of hydrogen-bond donors (Lipinski definition) is 0. The summed E-state index contributed by atoms with van der Waals surface area (Å²) in [5.74, 6) is 0.803. The van der Waals surface area contributed by atoms with Crippen molar-refractivity contribution in [2.75, 3.05) is 0 Å².